The smallest absolute Gasteiger partial charge is 0.308 e. The molecule has 1 saturated heterocycles. The molecule has 0 spiro atoms. The van der Waals surface area contributed by atoms with Crippen molar-refractivity contribution in [3.63, 3.8) is 0 Å². The summed E-state index contributed by atoms with van der Waals surface area (Å²) >= 11 is 0. The molecule has 1 aliphatic rings. The molecule has 1 N–H and O–H groups in total. The third-order valence-corrected chi connectivity index (χ3v) is 4.68. The van der Waals surface area contributed by atoms with Crippen LogP contribution in [0.4, 0.5) is 0 Å². The highest BCUT2D eigenvalue weighted by molar-refractivity contribution is 5.86. The third-order valence-electron chi connectivity index (χ3n) is 4.68. The number of hydrogen-bond acceptors (Lipinski definition) is 4. The zero-order chi connectivity index (χ0) is 19.4. The van der Waals surface area contributed by atoms with Gasteiger partial charge in [-0.2, -0.15) is 0 Å². The van der Waals surface area contributed by atoms with E-state index in [2.05, 4.69) is 0 Å². The number of aryl methyl sites for hydroxylation is 1. The van der Waals surface area contributed by atoms with E-state index in [-0.39, 0.29) is 18.9 Å². The van der Waals surface area contributed by atoms with Crippen LogP contribution in [0.1, 0.15) is 23.1 Å². The van der Waals surface area contributed by atoms with Crippen molar-refractivity contribution in [1.82, 2.24) is 4.90 Å². The molecule has 27 heavy (non-hydrogen) atoms. The summed E-state index contributed by atoms with van der Waals surface area (Å²) in [5, 5.41) is 9.09. The number of carboxylic acids is 1. The third kappa shape index (κ3) is 4.58. The molecule has 142 valence electrons. The second kappa shape index (κ2) is 8.12. The first kappa shape index (κ1) is 18.8. The molecule has 6 heteroatoms. The van der Waals surface area contributed by atoms with Crippen molar-refractivity contribution < 1.29 is 24.2 Å². The van der Waals surface area contributed by atoms with E-state index >= 15 is 0 Å². The highest BCUT2D eigenvalue weighted by Gasteiger charge is 2.34. The van der Waals surface area contributed by atoms with E-state index in [0.29, 0.717) is 24.7 Å². The van der Waals surface area contributed by atoms with Crippen LogP contribution < -0.4 is 9.47 Å². The molecule has 2 aromatic rings. The van der Waals surface area contributed by atoms with Gasteiger partial charge in [0.2, 0.25) is 5.91 Å². The predicted octanol–water partition coefficient (Wildman–Crippen LogP) is 3.02. The van der Waals surface area contributed by atoms with E-state index in [1.807, 2.05) is 49.4 Å². The lowest BCUT2D eigenvalue weighted by Crippen LogP contribution is -2.25. The Bertz CT molecular complexity index is 831. The molecular formula is C21H23NO5. The van der Waals surface area contributed by atoms with E-state index in [0.717, 1.165) is 11.1 Å². The Hall–Kier alpha value is -3.02. The van der Waals surface area contributed by atoms with Crippen LogP contribution in [0.25, 0.3) is 0 Å². The van der Waals surface area contributed by atoms with E-state index in [9.17, 15) is 9.59 Å². The Morgan fingerprint density at radius 1 is 1.15 bits per heavy atom. The van der Waals surface area contributed by atoms with Gasteiger partial charge in [0.15, 0.2) is 11.5 Å². The Morgan fingerprint density at radius 3 is 2.48 bits per heavy atom. The van der Waals surface area contributed by atoms with Gasteiger partial charge in [0.25, 0.3) is 0 Å². The summed E-state index contributed by atoms with van der Waals surface area (Å²) in [4.78, 5) is 24.7. The number of carboxylic acid groups (broad SMARTS) is 1. The minimum Gasteiger partial charge on any atom is -0.493 e. The molecule has 1 unspecified atom stereocenters. The van der Waals surface area contributed by atoms with Crippen molar-refractivity contribution in [2.24, 2.45) is 5.92 Å². The Labute approximate surface area is 158 Å². The first-order chi connectivity index (χ1) is 13.0. The number of ether oxygens (including phenoxy) is 2. The SMILES string of the molecule is COc1cc(CN2CC(C(=O)O)CC2=O)ccc1OCc1ccc(C)cc1. The summed E-state index contributed by atoms with van der Waals surface area (Å²) < 4.78 is 11.3. The fraction of sp³-hybridized carbons (Fsp3) is 0.333. The van der Waals surface area contributed by atoms with Crippen LogP contribution in [0.15, 0.2) is 42.5 Å². The van der Waals surface area contributed by atoms with Crippen LogP contribution in [0.5, 0.6) is 11.5 Å². The Kier molecular flexibility index (Phi) is 5.64. The van der Waals surface area contributed by atoms with Gasteiger partial charge >= 0.3 is 5.97 Å². The van der Waals surface area contributed by atoms with Crippen molar-refractivity contribution >= 4 is 11.9 Å². The minimum atomic E-state index is -0.928. The van der Waals surface area contributed by atoms with Gasteiger partial charge in [0.05, 0.1) is 13.0 Å². The molecule has 1 heterocycles. The summed E-state index contributed by atoms with van der Waals surface area (Å²) in [5.41, 5.74) is 3.13. The molecule has 0 saturated carbocycles. The number of methoxy groups -OCH3 is 1. The number of benzene rings is 2. The molecule has 1 amide bonds. The zero-order valence-corrected chi connectivity index (χ0v) is 15.5. The second-order valence-corrected chi connectivity index (χ2v) is 6.77. The summed E-state index contributed by atoms with van der Waals surface area (Å²) in [7, 11) is 1.57. The lowest BCUT2D eigenvalue weighted by Gasteiger charge is -2.18. The lowest BCUT2D eigenvalue weighted by atomic mass is 10.1. The molecule has 3 rings (SSSR count). The normalized spacial score (nSPS) is 16.4. The van der Waals surface area contributed by atoms with Crippen molar-refractivity contribution in [2.45, 2.75) is 26.5 Å². The standard InChI is InChI=1S/C21H23NO5/c1-14-3-5-15(6-4-14)13-27-18-8-7-16(9-19(18)26-2)11-22-12-17(21(24)25)10-20(22)23/h3-9,17H,10-13H2,1-2H3,(H,24,25). The molecule has 0 aliphatic carbocycles. The number of aliphatic carboxylic acids is 1. The monoisotopic (exact) mass is 369 g/mol. The average molecular weight is 369 g/mol. The molecule has 1 aliphatic heterocycles. The fourth-order valence-electron chi connectivity index (χ4n) is 3.09. The van der Waals surface area contributed by atoms with Gasteiger partial charge in [-0.1, -0.05) is 35.9 Å². The zero-order valence-electron chi connectivity index (χ0n) is 15.5. The van der Waals surface area contributed by atoms with Crippen molar-refractivity contribution in [3.8, 4) is 11.5 Å². The number of likely N-dealkylation sites (tertiary alicyclic amines) is 1. The maximum atomic E-state index is 12.0. The first-order valence-corrected chi connectivity index (χ1v) is 8.82. The van der Waals surface area contributed by atoms with Gasteiger partial charge in [-0.25, -0.2) is 0 Å². The van der Waals surface area contributed by atoms with Gasteiger partial charge in [-0.15, -0.1) is 0 Å². The van der Waals surface area contributed by atoms with Crippen LogP contribution >= 0.6 is 0 Å². The number of carbonyl (C=O) groups is 2. The summed E-state index contributed by atoms with van der Waals surface area (Å²) in [6.45, 7) is 3.07. The highest BCUT2D eigenvalue weighted by Crippen LogP contribution is 2.30. The molecule has 0 radical (unpaired) electrons. The van der Waals surface area contributed by atoms with Crippen molar-refractivity contribution in [1.29, 1.82) is 0 Å². The van der Waals surface area contributed by atoms with E-state index < -0.39 is 11.9 Å². The van der Waals surface area contributed by atoms with Crippen molar-refractivity contribution in [2.75, 3.05) is 13.7 Å². The molecule has 1 atom stereocenters. The Balaban J connectivity index is 1.66. The number of nitrogens with zero attached hydrogens (tertiary/aromatic N) is 1. The number of hydrogen-bond donors (Lipinski definition) is 1. The lowest BCUT2D eigenvalue weighted by molar-refractivity contribution is -0.141. The van der Waals surface area contributed by atoms with Gasteiger partial charge in [-0.3, -0.25) is 9.59 Å². The topological polar surface area (TPSA) is 76.1 Å². The second-order valence-electron chi connectivity index (χ2n) is 6.77. The van der Waals surface area contributed by atoms with Gasteiger partial charge in [-0.05, 0) is 30.2 Å². The fourth-order valence-corrected chi connectivity index (χ4v) is 3.09. The molecule has 0 aromatic heterocycles. The quantitative estimate of drug-likeness (QED) is 0.812. The summed E-state index contributed by atoms with van der Waals surface area (Å²) in [6, 6.07) is 13.6. The van der Waals surface area contributed by atoms with Gasteiger partial charge in [0.1, 0.15) is 6.61 Å². The number of rotatable bonds is 7. The van der Waals surface area contributed by atoms with Crippen LogP contribution in [0, 0.1) is 12.8 Å². The molecule has 6 nitrogen and oxygen atoms in total. The van der Waals surface area contributed by atoms with Crippen LogP contribution in [-0.4, -0.2) is 35.5 Å². The number of amides is 1. The minimum absolute atomic E-state index is 0.0597. The largest absolute Gasteiger partial charge is 0.493 e. The molecule has 0 bridgehead atoms. The molecular weight excluding hydrogens is 346 g/mol. The van der Waals surface area contributed by atoms with Gasteiger partial charge < -0.3 is 19.5 Å². The van der Waals surface area contributed by atoms with E-state index in [1.165, 1.54) is 5.56 Å². The summed E-state index contributed by atoms with van der Waals surface area (Å²) in [6.07, 6.45) is 0.0597. The number of carbonyl (C=O) groups excluding carboxylic acids is 1. The average Bonchev–Trinajstić information content (AvgIpc) is 3.02. The maximum Gasteiger partial charge on any atom is 0.308 e. The van der Waals surface area contributed by atoms with Crippen molar-refractivity contribution in [3.05, 3.63) is 59.2 Å². The van der Waals surface area contributed by atoms with Crippen LogP contribution in [-0.2, 0) is 22.7 Å². The highest BCUT2D eigenvalue weighted by atomic mass is 16.5. The summed E-state index contributed by atoms with van der Waals surface area (Å²) in [5.74, 6) is -0.486. The Morgan fingerprint density at radius 2 is 1.85 bits per heavy atom. The maximum absolute atomic E-state index is 12.0. The van der Waals surface area contributed by atoms with Crippen LogP contribution in [0.3, 0.4) is 0 Å². The van der Waals surface area contributed by atoms with E-state index in [1.54, 1.807) is 12.0 Å². The molecule has 1 fully saturated rings. The predicted molar refractivity (Wildman–Crippen MR) is 99.7 cm³/mol. The van der Waals surface area contributed by atoms with Crippen LogP contribution in [0.2, 0.25) is 0 Å². The van der Waals surface area contributed by atoms with Gasteiger partial charge in [0, 0.05) is 19.5 Å². The first-order valence-electron chi connectivity index (χ1n) is 8.82. The van der Waals surface area contributed by atoms with E-state index in [4.69, 9.17) is 14.6 Å². The molecule has 2 aromatic carbocycles.